The van der Waals surface area contributed by atoms with Crippen molar-refractivity contribution in [2.45, 2.75) is 19.3 Å². The van der Waals surface area contributed by atoms with Gasteiger partial charge in [-0.05, 0) is 36.1 Å². The largest absolute Gasteiger partial charge is 0.496 e. The standard InChI is InChI=1S/C16H15O/c1-3-4-5-10-15-14-9-7-6-8-13(14)11-12-16(15)17-2/h6-9,11-12H,4-5,10H2,2H3. The third-order valence-electron chi connectivity index (χ3n) is 2.95. The van der Waals surface area contributed by atoms with Crippen LogP contribution in [0, 0.1) is 12.3 Å². The van der Waals surface area contributed by atoms with Crippen molar-refractivity contribution in [3.63, 3.8) is 0 Å². The van der Waals surface area contributed by atoms with Gasteiger partial charge in [-0.3, -0.25) is 0 Å². The van der Waals surface area contributed by atoms with Gasteiger partial charge in [0.25, 0.3) is 0 Å². The monoisotopic (exact) mass is 223 g/mol. The molecule has 0 fully saturated rings. The van der Waals surface area contributed by atoms with E-state index in [1.54, 1.807) is 7.11 Å². The Bertz CT molecular complexity index is 549. The molecule has 0 aliphatic rings. The lowest BCUT2D eigenvalue weighted by Crippen LogP contribution is -1.94. The van der Waals surface area contributed by atoms with Crippen molar-refractivity contribution in [1.82, 2.24) is 0 Å². The van der Waals surface area contributed by atoms with Gasteiger partial charge in [0.15, 0.2) is 0 Å². The fourth-order valence-electron chi connectivity index (χ4n) is 2.12. The lowest BCUT2D eigenvalue weighted by molar-refractivity contribution is 0.410. The van der Waals surface area contributed by atoms with Crippen molar-refractivity contribution in [3.05, 3.63) is 48.4 Å². The van der Waals surface area contributed by atoms with Crippen molar-refractivity contribution >= 4 is 10.8 Å². The third-order valence-corrected chi connectivity index (χ3v) is 2.95. The molecule has 2 aromatic rings. The van der Waals surface area contributed by atoms with Gasteiger partial charge in [-0.1, -0.05) is 36.3 Å². The predicted octanol–water partition coefficient (Wildman–Crippen LogP) is 3.76. The number of hydrogen-bond acceptors (Lipinski definition) is 1. The minimum Gasteiger partial charge on any atom is -0.496 e. The van der Waals surface area contributed by atoms with Gasteiger partial charge in [-0.15, -0.1) is 0 Å². The zero-order chi connectivity index (χ0) is 12.1. The Morgan fingerprint density at radius 1 is 1.18 bits per heavy atom. The summed E-state index contributed by atoms with van der Waals surface area (Å²) in [7, 11) is 1.70. The van der Waals surface area contributed by atoms with Crippen molar-refractivity contribution in [2.75, 3.05) is 7.11 Å². The molecule has 0 spiro atoms. The van der Waals surface area contributed by atoms with Crippen LogP contribution in [0.1, 0.15) is 18.4 Å². The van der Waals surface area contributed by atoms with E-state index in [0.29, 0.717) is 6.42 Å². The molecule has 0 unspecified atom stereocenters. The molecular formula is C16H15O. The SMILES string of the molecule is [C]#CCCCc1c(OC)ccc2ccccc12. The van der Waals surface area contributed by atoms with E-state index in [4.69, 9.17) is 11.2 Å². The summed E-state index contributed by atoms with van der Waals surface area (Å²) in [6, 6.07) is 12.4. The first-order chi connectivity index (χ1) is 8.36. The maximum atomic E-state index is 6.95. The molecule has 0 atom stereocenters. The number of benzene rings is 2. The topological polar surface area (TPSA) is 9.23 Å². The molecule has 0 amide bonds. The Kier molecular flexibility index (Phi) is 3.67. The lowest BCUT2D eigenvalue weighted by atomic mass is 9.99. The molecular weight excluding hydrogens is 208 g/mol. The van der Waals surface area contributed by atoms with Crippen molar-refractivity contribution < 1.29 is 4.74 Å². The summed E-state index contributed by atoms with van der Waals surface area (Å²) in [6.07, 6.45) is 9.51. The predicted molar refractivity (Wildman–Crippen MR) is 70.6 cm³/mol. The molecule has 17 heavy (non-hydrogen) atoms. The molecule has 0 aliphatic carbocycles. The third kappa shape index (κ3) is 2.42. The van der Waals surface area contributed by atoms with Crippen LogP contribution in [-0.4, -0.2) is 7.11 Å². The normalized spacial score (nSPS) is 10.1. The molecule has 1 heteroatoms. The fraction of sp³-hybridized carbons (Fsp3) is 0.250. The molecule has 2 rings (SSSR count). The molecule has 2 aromatic carbocycles. The fourth-order valence-corrected chi connectivity index (χ4v) is 2.12. The Morgan fingerprint density at radius 3 is 2.76 bits per heavy atom. The molecule has 1 radical (unpaired) electrons. The highest BCUT2D eigenvalue weighted by molar-refractivity contribution is 5.87. The average Bonchev–Trinajstić information content (AvgIpc) is 2.39. The van der Waals surface area contributed by atoms with E-state index in [-0.39, 0.29) is 0 Å². The first-order valence-corrected chi connectivity index (χ1v) is 5.81. The van der Waals surface area contributed by atoms with Gasteiger partial charge in [0.2, 0.25) is 0 Å². The van der Waals surface area contributed by atoms with Crippen molar-refractivity contribution in [3.8, 4) is 11.7 Å². The molecule has 0 saturated heterocycles. The van der Waals surface area contributed by atoms with E-state index in [0.717, 1.165) is 18.6 Å². The highest BCUT2D eigenvalue weighted by Gasteiger charge is 2.07. The minimum atomic E-state index is 0.701. The van der Waals surface area contributed by atoms with Crippen molar-refractivity contribution in [1.29, 1.82) is 0 Å². The summed E-state index contributed by atoms with van der Waals surface area (Å²) < 4.78 is 5.42. The molecule has 0 aromatic heterocycles. The molecule has 0 N–H and O–H groups in total. The lowest BCUT2D eigenvalue weighted by Gasteiger charge is -2.11. The Balaban J connectivity index is 2.44. The first kappa shape index (κ1) is 11.5. The number of unbranched alkanes of at least 4 members (excludes halogenated alkanes) is 1. The Hall–Kier alpha value is -1.94. The molecule has 85 valence electrons. The van der Waals surface area contributed by atoms with Crippen LogP contribution in [0.2, 0.25) is 0 Å². The van der Waals surface area contributed by atoms with Crippen LogP contribution in [0.15, 0.2) is 36.4 Å². The number of rotatable bonds is 4. The van der Waals surface area contributed by atoms with Crippen LogP contribution in [0.4, 0.5) is 0 Å². The second-order valence-electron chi connectivity index (χ2n) is 4.00. The van der Waals surface area contributed by atoms with E-state index in [9.17, 15) is 0 Å². The number of hydrogen-bond donors (Lipinski definition) is 0. The smallest absolute Gasteiger partial charge is 0.122 e. The molecule has 0 aliphatic heterocycles. The van der Waals surface area contributed by atoms with E-state index >= 15 is 0 Å². The summed E-state index contributed by atoms with van der Waals surface area (Å²) in [5, 5.41) is 2.49. The van der Waals surface area contributed by atoms with Gasteiger partial charge in [-0.25, -0.2) is 0 Å². The molecule has 0 heterocycles. The van der Waals surface area contributed by atoms with Gasteiger partial charge in [0.05, 0.1) is 7.11 Å². The molecule has 1 nitrogen and oxygen atoms in total. The maximum Gasteiger partial charge on any atom is 0.122 e. The highest BCUT2D eigenvalue weighted by atomic mass is 16.5. The van der Waals surface area contributed by atoms with Crippen LogP contribution in [0.25, 0.3) is 10.8 Å². The quantitative estimate of drug-likeness (QED) is 0.566. The number of methoxy groups -OCH3 is 1. The Labute approximate surface area is 102 Å². The second-order valence-corrected chi connectivity index (χ2v) is 4.00. The van der Waals surface area contributed by atoms with Gasteiger partial charge in [-0.2, -0.15) is 0 Å². The van der Waals surface area contributed by atoms with Crippen LogP contribution < -0.4 is 4.74 Å². The van der Waals surface area contributed by atoms with Gasteiger partial charge >= 0.3 is 0 Å². The van der Waals surface area contributed by atoms with Crippen LogP contribution in [0.3, 0.4) is 0 Å². The zero-order valence-corrected chi connectivity index (χ0v) is 9.99. The Morgan fingerprint density at radius 2 is 2.00 bits per heavy atom. The van der Waals surface area contributed by atoms with E-state index < -0.39 is 0 Å². The molecule has 0 saturated carbocycles. The second kappa shape index (κ2) is 5.41. The number of ether oxygens (including phenoxy) is 1. The van der Waals surface area contributed by atoms with Gasteiger partial charge in [0.1, 0.15) is 5.75 Å². The number of aryl methyl sites for hydroxylation is 1. The van der Waals surface area contributed by atoms with Gasteiger partial charge in [0, 0.05) is 12.0 Å². The summed E-state index contributed by atoms with van der Waals surface area (Å²) in [5.74, 6) is 3.37. The molecule has 0 bridgehead atoms. The summed E-state index contributed by atoms with van der Waals surface area (Å²) >= 11 is 0. The van der Waals surface area contributed by atoms with Crippen LogP contribution in [-0.2, 0) is 6.42 Å². The van der Waals surface area contributed by atoms with Gasteiger partial charge < -0.3 is 4.74 Å². The highest BCUT2D eigenvalue weighted by Crippen LogP contribution is 2.29. The van der Waals surface area contributed by atoms with E-state index in [2.05, 4.69) is 24.1 Å². The zero-order valence-electron chi connectivity index (χ0n) is 9.99. The minimum absolute atomic E-state index is 0.701. The van der Waals surface area contributed by atoms with E-state index in [1.165, 1.54) is 16.3 Å². The summed E-state index contributed by atoms with van der Waals surface area (Å²) in [4.78, 5) is 0. The maximum absolute atomic E-state index is 6.95. The van der Waals surface area contributed by atoms with Crippen LogP contribution >= 0.6 is 0 Å². The first-order valence-electron chi connectivity index (χ1n) is 5.81. The summed E-state index contributed by atoms with van der Waals surface area (Å²) in [5.41, 5.74) is 1.24. The van der Waals surface area contributed by atoms with Crippen molar-refractivity contribution in [2.24, 2.45) is 0 Å². The number of fused-ring (bicyclic) bond motifs is 1. The van der Waals surface area contributed by atoms with Crippen LogP contribution in [0.5, 0.6) is 5.75 Å². The summed E-state index contributed by atoms with van der Waals surface area (Å²) in [6.45, 7) is 0. The van der Waals surface area contributed by atoms with E-state index in [1.807, 2.05) is 18.2 Å². The average molecular weight is 223 g/mol.